The quantitative estimate of drug-likeness (QED) is 0.278. The summed E-state index contributed by atoms with van der Waals surface area (Å²) < 4.78 is 0. The number of pyridine rings is 1. The number of aliphatic carboxylic acids is 1. The Morgan fingerprint density at radius 1 is 1.16 bits per heavy atom. The minimum Gasteiger partial charge on any atom is -0.480 e. The number of nitrogens with two attached hydrogens (primary N) is 1. The van der Waals surface area contributed by atoms with Crippen molar-refractivity contribution in [3.05, 3.63) is 60.4 Å². The molecule has 0 spiro atoms. The van der Waals surface area contributed by atoms with Crippen molar-refractivity contribution >= 4 is 23.4 Å². The Kier molecular flexibility index (Phi) is 11.4. The zero-order chi connectivity index (χ0) is 27.3. The summed E-state index contributed by atoms with van der Waals surface area (Å²) in [6, 6.07) is 14.2. The van der Waals surface area contributed by atoms with E-state index in [1.165, 1.54) is 5.56 Å². The van der Waals surface area contributed by atoms with Crippen molar-refractivity contribution in [2.24, 2.45) is 5.73 Å². The zero-order valence-electron chi connectivity index (χ0n) is 22.6. The average Bonchev–Trinajstić information content (AvgIpc) is 2.92. The highest BCUT2D eigenvalue weighted by Gasteiger charge is 2.25. The van der Waals surface area contributed by atoms with Crippen molar-refractivity contribution < 1.29 is 9.90 Å². The molecule has 1 fully saturated rings. The normalized spacial score (nSPS) is 15.8. The van der Waals surface area contributed by atoms with Crippen LogP contribution in [0.4, 0.5) is 17.5 Å². The van der Waals surface area contributed by atoms with E-state index in [1.807, 2.05) is 49.1 Å². The summed E-state index contributed by atoms with van der Waals surface area (Å²) in [5, 5.41) is 15.6. The van der Waals surface area contributed by atoms with Gasteiger partial charge >= 0.3 is 5.97 Å². The number of piperazine rings is 1. The number of hydrogen-bond acceptors (Lipinski definition) is 9. The van der Waals surface area contributed by atoms with Gasteiger partial charge in [0.2, 0.25) is 5.95 Å². The first-order chi connectivity index (χ1) is 18.5. The van der Waals surface area contributed by atoms with Gasteiger partial charge in [0.1, 0.15) is 5.82 Å². The predicted octanol–water partition coefficient (Wildman–Crippen LogP) is 3.66. The minimum atomic E-state index is -0.774. The van der Waals surface area contributed by atoms with Crippen LogP contribution in [-0.4, -0.2) is 81.1 Å². The van der Waals surface area contributed by atoms with Crippen LogP contribution in [0.1, 0.15) is 32.8 Å². The largest absolute Gasteiger partial charge is 0.480 e. The molecule has 0 bridgehead atoms. The Morgan fingerprint density at radius 2 is 2.00 bits per heavy atom. The van der Waals surface area contributed by atoms with Crippen molar-refractivity contribution in [3.63, 3.8) is 0 Å². The molecule has 0 aliphatic carbocycles. The maximum Gasteiger partial charge on any atom is 0.317 e. The lowest BCUT2D eigenvalue weighted by molar-refractivity contribution is -0.139. The molecule has 0 amide bonds. The fraction of sp³-hybridized carbons (Fsp3) is 0.429. The third kappa shape index (κ3) is 8.76. The first-order valence-corrected chi connectivity index (χ1v) is 13.3. The number of benzene rings is 1. The maximum atomic E-state index is 11.1. The van der Waals surface area contributed by atoms with Crippen LogP contribution in [0.5, 0.6) is 0 Å². The second-order valence-corrected chi connectivity index (χ2v) is 9.04. The molecule has 1 saturated heterocycles. The van der Waals surface area contributed by atoms with Gasteiger partial charge in [0.15, 0.2) is 0 Å². The lowest BCUT2D eigenvalue weighted by Crippen LogP contribution is -2.52. The van der Waals surface area contributed by atoms with Crippen LogP contribution in [0.3, 0.4) is 0 Å². The van der Waals surface area contributed by atoms with Gasteiger partial charge in [0.25, 0.3) is 0 Å². The molecule has 3 aromatic rings. The molecular weight excluding hydrogens is 480 g/mol. The Balaban J connectivity index is 0.00000195. The number of nitrogens with zero attached hydrogens (tertiary/aromatic N) is 5. The summed E-state index contributed by atoms with van der Waals surface area (Å²) in [6.07, 6.45) is 4.43. The predicted molar refractivity (Wildman–Crippen MR) is 152 cm³/mol. The van der Waals surface area contributed by atoms with E-state index in [0.29, 0.717) is 12.5 Å². The summed E-state index contributed by atoms with van der Waals surface area (Å²) in [5.41, 5.74) is 9.33. The van der Waals surface area contributed by atoms with E-state index in [4.69, 9.17) is 10.8 Å². The van der Waals surface area contributed by atoms with Crippen molar-refractivity contribution in [1.29, 1.82) is 0 Å². The molecule has 204 valence electrons. The Bertz CT molecular complexity index is 1140. The highest BCUT2D eigenvalue weighted by atomic mass is 16.4. The van der Waals surface area contributed by atoms with E-state index < -0.39 is 5.97 Å². The Hall–Kier alpha value is -3.60. The summed E-state index contributed by atoms with van der Waals surface area (Å²) >= 11 is 0. The van der Waals surface area contributed by atoms with Gasteiger partial charge in [0.05, 0.1) is 12.2 Å². The molecule has 1 atom stereocenters. The molecular formula is C28H40N8O2. The molecule has 0 radical (unpaired) electrons. The van der Waals surface area contributed by atoms with Crippen LogP contribution < -0.4 is 16.4 Å². The molecule has 10 heteroatoms. The third-order valence-electron chi connectivity index (χ3n) is 6.18. The summed E-state index contributed by atoms with van der Waals surface area (Å²) in [5.74, 6) is 0.559. The standard InChI is InChI=1S/C26H34N8O2.C2H6/c1-19-16-33(12-13-34(19)18-25(35)36)17-20-4-2-5-22(14-20)31-26-29-11-8-23(32-26)21-6-7-24(30-15-21)28-10-3-9-27;1-2/h2,4-8,11,14-15,19H,3,9-10,12-13,16-18,27H2,1H3,(H,28,30)(H,35,36)(H,29,31,32);1-2H3. The fourth-order valence-corrected chi connectivity index (χ4v) is 4.31. The van der Waals surface area contributed by atoms with Crippen LogP contribution in [0.15, 0.2) is 54.9 Å². The topological polar surface area (TPSA) is 133 Å². The molecule has 5 N–H and O–H groups in total. The molecule has 0 saturated carbocycles. The minimum absolute atomic E-state index is 0.0966. The smallest absolute Gasteiger partial charge is 0.317 e. The van der Waals surface area contributed by atoms with E-state index in [9.17, 15) is 4.79 Å². The first-order valence-electron chi connectivity index (χ1n) is 13.3. The monoisotopic (exact) mass is 520 g/mol. The lowest BCUT2D eigenvalue weighted by Gasteiger charge is -2.39. The highest BCUT2D eigenvalue weighted by molar-refractivity contribution is 5.69. The molecule has 38 heavy (non-hydrogen) atoms. The zero-order valence-corrected chi connectivity index (χ0v) is 22.6. The first kappa shape index (κ1) is 29.0. The van der Waals surface area contributed by atoms with Gasteiger partial charge in [-0.15, -0.1) is 0 Å². The molecule has 1 aliphatic heterocycles. The number of carboxylic acids is 1. The molecule has 1 unspecified atom stereocenters. The van der Waals surface area contributed by atoms with E-state index in [0.717, 1.165) is 61.9 Å². The Labute approximate surface area is 225 Å². The number of hydrogen-bond donors (Lipinski definition) is 4. The van der Waals surface area contributed by atoms with Crippen molar-refractivity contribution in [2.75, 3.05) is 49.9 Å². The van der Waals surface area contributed by atoms with Crippen LogP contribution in [0, 0.1) is 0 Å². The van der Waals surface area contributed by atoms with Gasteiger partial charge in [-0.1, -0.05) is 26.0 Å². The molecule has 3 heterocycles. The molecule has 1 aromatic carbocycles. The van der Waals surface area contributed by atoms with Gasteiger partial charge in [-0.2, -0.15) is 0 Å². The van der Waals surface area contributed by atoms with Crippen molar-refractivity contribution in [2.45, 2.75) is 39.8 Å². The summed E-state index contributed by atoms with van der Waals surface area (Å²) in [7, 11) is 0. The van der Waals surface area contributed by atoms with Gasteiger partial charge in [-0.05, 0) is 55.8 Å². The van der Waals surface area contributed by atoms with Crippen LogP contribution >= 0.6 is 0 Å². The Morgan fingerprint density at radius 3 is 2.71 bits per heavy atom. The van der Waals surface area contributed by atoms with E-state index in [1.54, 1.807) is 12.4 Å². The third-order valence-corrected chi connectivity index (χ3v) is 6.18. The SMILES string of the molecule is CC.CC1CN(Cc2cccc(Nc3nccc(-c4ccc(NCCCN)nc4)n3)c2)CCN1CC(=O)O. The van der Waals surface area contributed by atoms with Crippen molar-refractivity contribution in [3.8, 4) is 11.3 Å². The number of anilines is 3. The van der Waals surface area contributed by atoms with Gasteiger partial charge in [0, 0.05) is 62.4 Å². The van der Waals surface area contributed by atoms with Crippen molar-refractivity contribution in [1.82, 2.24) is 24.8 Å². The second-order valence-electron chi connectivity index (χ2n) is 9.04. The van der Waals surface area contributed by atoms with Crippen LogP contribution in [0.2, 0.25) is 0 Å². The van der Waals surface area contributed by atoms with Gasteiger partial charge in [-0.3, -0.25) is 14.6 Å². The summed E-state index contributed by atoms with van der Waals surface area (Å²) in [6.45, 7) is 10.9. The van der Waals surface area contributed by atoms with E-state index in [2.05, 4.69) is 49.5 Å². The molecule has 1 aliphatic rings. The van der Waals surface area contributed by atoms with Gasteiger partial charge < -0.3 is 21.5 Å². The number of aromatic nitrogens is 3. The van der Waals surface area contributed by atoms with Crippen LogP contribution in [0.25, 0.3) is 11.3 Å². The fourth-order valence-electron chi connectivity index (χ4n) is 4.31. The number of carboxylic acid groups (broad SMARTS) is 1. The second kappa shape index (κ2) is 15.0. The number of carbonyl (C=O) groups is 1. The number of rotatable bonds is 11. The highest BCUT2D eigenvalue weighted by Crippen LogP contribution is 2.21. The van der Waals surface area contributed by atoms with Crippen LogP contribution in [-0.2, 0) is 11.3 Å². The van der Waals surface area contributed by atoms with Gasteiger partial charge in [-0.25, -0.2) is 15.0 Å². The summed E-state index contributed by atoms with van der Waals surface area (Å²) in [4.78, 5) is 28.9. The molecule has 4 rings (SSSR count). The molecule has 10 nitrogen and oxygen atoms in total. The lowest BCUT2D eigenvalue weighted by atomic mass is 10.1. The average molecular weight is 521 g/mol. The van der Waals surface area contributed by atoms with E-state index in [-0.39, 0.29) is 12.6 Å². The van der Waals surface area contributed by atoms with E-state index >= 15 is 0 Å². The maximum absolute atomic E-state index is 11.1. The molecule has 2 aromatic heterocycles. The number of nitrogens with one attached hydrogen (secondary N) is 2.